The number of aryl methyl sites for hydroxylation is 1. The van der Waals surface area contributed by atoms with Crippen LogP contribution in [-0.2, 0) is 6.42 Å². The third-order valence-corrected chi connectivity index (χ3v) is 1.99. The van der Waals surface area contributed by atoms with Crippen LogP contribution in [-0.4, -0.2) is 4.98 Å². The van der Waals surface area contributed by atoms with E-state index in [1.54, 1.807) is 0 Å². The van der Waals surface area contributed by atoms with Crippen LogP contribution in [0.4, 0.5) is 0 Å². The first kappa shape index (κ1) is 15.3. The van der Waals surface area contributed by atoms with Crippen LogP contribution in [0.5, 0.6) is 0 Å². The van der Waals surface area contributed by atoms with Crippen molar-refractivity contribution in [3.8, 4) is 0 Å². The molecule has 0 atom stereocenters. The molecule has 0 aliphatic rings. The largest absolute Gasteiger partial charge is 1.00 e. The molecular weight excluding hydrogens is 209 g/mol. The van der Waals surface area contributed by atoms with Gasteiger partial charge in [0.1, 0.15) is 0 Å². The van der Waals surface area contributed by atoms with Gasteiger partial charge in [0.2, 0.25) is 0 Å². The fourth-order valence-corrected chi connectivity index (χ4v) is 1.26. The first-order valence-corrected chi connectivity index (χ1v) is 5.15. The van der Waals surface area contributed by atoms with Gasteiger partial charge in [-0.05, 0) is 6.42 Å². The number of aromatic nitrogens is 1. The van der Waals surface area contributed by atoms with E-state index in [4.69, 9.17) is 0 Å². The Hall–Kier alpha value is 0.266. The standard InChI is InChI=1S/C11H10N.C2H6.K/c1-2-11-7-9-5-3-4-6-10(9)8-12-11;1-2;/h4-8H,2H2,1H3;1-2H3;/q-1;;+1. The Kier molecular flexibility index (Phi) is 8.57. The zero-order chi connectivity index (χ0) is 10.4. The van der Waals surface area contributed by atoms with Crippen molar-refractivity contribution < 1.29 is 51.4 Å². The molecule has 15 heavy (non-hydrogen) atoms. The van der Waals surface area contributed by atoms with Crippen LogP contribution < -0.4 is 51.4 Å². The second-order valence-electron chi connectivity index (χ2n) is 2.80. The molecule has 0 bridgehead atoms. The van der Waals surface area contributed by atoms with Crippen LogP contribution in [0.15, 0.2) is 30.5 Å². The molecule has 1 aromatic carbocycles. The zero-order valence-corrected chi connectivity index (χ0v) is 13.2. The summed E-state index contributed by atoms with van der Waals surface area (Å²) in [4.78, 5) is 4.31. The van der Waals surface area contributed by atoms with Crippen molar-refractivity contribution >= 4 is 10.8 Å². The van der Waals surface area contributed by atoms with Crippen LogP contribution in [0.1, 0.15) is 26.5 Å². The van der Waals surface area contributed by atoms with Gasteiger partial charge in [-0.25, -0.2) is 0 Å². The van der Waals surface area contributed by atoms with Crippen molar-refractivity contribution in [2.75, 3.05) is 0 Å². The van der Waals surface area contributed by atoms with Gasteiger partial charge >= 0.3 is 51.4 Å². The SMILES string of the molecule is CC.CCc1cc2c[c-]ccc2cn1.[K+]. The van der Waals surface area contributed by atoms with Crippen LogP contribution >= 0.6 is 0 Å². The summed E-state index contributed by atoms with van der Waals surface area (Å²) in [5.41, 5.74) is 1.14. The van der Waals surface area contributed by atoms with Crippen LogP contribution in [0, 0.1) is 6.07 Å². The summed E-state index contributed by atoms with van der Waals surface area (Å²) in [6, 6.07) is 11.1. The van der Waals surface area contributed by atoms with E-state index < -0.39 is 0 Å². The summed E-state index contributed by atoms with van der Waals surface area (Å²) < 4.78 is 0. The van der Waals surface area contributed by atoms with Crippen molar-refractivity contribution in [3.05, 3.63) is 42.2 Å². The molecule has 2 aromatic rings. The smallest absolute Gasteiger partial charge is 0.264 e. The third-order valence-electron chi connectivity index (χ3n) is 1.99. The monoisotopic (exact) mass is 225 g/mol. The van der Waals surface area contributed by atoms with E-state index in [2.05, 4.69) is 24.0 Å². The molecule has 1 aromatic heterocycles. The number of rotatable bonds is 1. The summed E-state index contributed by atoms with van der Waals surface area (Å²) >= 11 is 0. The van der Waals surface area contributed by atoms with Crippen LogP contribution in [0.3, 0.4) is 0 Å². The van der Waals surface area contributed by atoms with E-state index in [9.17, 15) is 0 Å². The maximum Gasteiger partial charge on any atom is 1.00 e. The van der Waals surface area contributed by atoms with E-state index in [0.717, 1.165) is 12.1 Å². The molecule has 2 heteroatoms. The fourth-order valence-electron chi connectivity index (χ4n) is 1.26. The molecule has 0 fully saturated rings. The van der Waals surface area contributed by atoms with Gasteiger partial charge in [0, 0.05) is 11.9 Å². The molecule has 0 amide bonds. The number of fused-ring (bicyclic) bond motifs is 1. The predicted octanol–water partition coefficient (Wildman–Crippen LogP) is 0.628. The minimum absolute atomic E-state index is 0. The van der Waals surface area contributed by atoms with Crippen LogP contribution in [0.2, 0.25) is 0 Å². The summed E-state index contributed by atoms with van der Waals surface area (Å²) in [6.07, 6.45) is 2.91. The molecule has 0 radical (unpaired) electrons. The van der Waals surface area contributed by atoms with Crippen molar-refractivity contribution in [1.29, 1.82) is 0 Å². The van der Waals surface area contributed by atoms with E-state index in [1.807, 2.05) is 38.2 Å². The van der Waals surface area contributed by atoms with Crippen LogP contribution in [0.25, 0.3) is 10.8 Å². The molecule has 1 nitrogen and oxygen atoms in total. The Labute approximate surface area is 135 Å². The topological polar surface area (TPSA) is 12.9 Å². The summed E-state index contributed by atoms with van der Waals surface area (Å²) in [5.74, 6) is 0. The van der Waals surface area contributed by atoms with E-state index >= 15 is 0 Å². The molecular formula is C13H16KN. The maximum atomic E-state index is 4.31. The summed E-state index contributed by atoms with van der Waals surface area (Å²) in [6.45, 7) is 6.11. The Morgan fingerprint density at radius 1 is 1.27 bits per heavy atom. The maximum absolute atomic E-state index is 4.31. The van der Waals surface area contributed by atoms with Gasteiger partial charge in [0.25, 0.3) is 0 Å². The molecule has 1 heterocycles. The molecule has 0 saturated carbocycles. The fraction of sp³-hybridized carbons (Fsp3) is 0.308. The average molecular weight is 225 g/mol. The van der Waals surface area contributed by atoms with Crippen molar-refractivity contribution in [1.82, 2.24) is 4.98 Å². The van der Waals surface area contributed by atoms with Crippen molar-refractivity contribution in [2.24, 2.45) is 0 Å². The van der Waals surface area contributed by atoms with Crippen molar-refractivity contribution in [3.63, 3.8) is 0 Å². The molecule has 0 N–H and O–H groups in total. The minimum atomic E-state index is 0. The zero-order valence-electron chi connectivity index (χ0n) is 10.0. The van der Waals surface area contributed by atoms with Gasteiger partial charge in [0.15, 0.2) is 0 Å². The normalized spacial score (nSPS) is 8.73. The second kappa shape index (κ2) is 8.42. The van der Waals surface area contributed by atoms with E-state index in [-0.39, 0.29) is 51.4 Å². The van der Waals surface area contributed by atoms with Gasteiger partial charge < -0.3 is 0 Å². The van der Waals surface area contributed by atoms with Gasteiger partial charge in [-0.15, -0.1) is 10.8 Å². The molecule has 0 unspecified atom stereocenters. The van der Waals surface area contributed by atoms with E-state index in [1.165, 1.54) is 10.8 Å². The van der Waals surface area contributed by atoms with Gasteiger partial charge in [-0.2, -0.15) is 24.3 Å². The van der Waals surface area contributed by atoms with Gasteiger partial charge in [-0.3, -0.25) is 4.98 Å². The Morgan fingerprint density at radius 2 is 2.00 bits per heavy atom. The van der Waals surface area contributed by atoms with Gasteiger partial charge in [-0.1, -0.05) is 26.8 Å². The number of nitrogens with zero attached hydrogens (tertiary/aromatic N) is 1. The molecule has 0 aliphatic carbocycles. The van der Waals surface area contributed by atoms with Crippen molar-refractivity contribution in [2.45, 2.75) is 27.2 Å². The number of pyridine rings is 1. The predicted molar refractivity (Wildman–Crippen MR) is 61.3 cm³/mol. The Balaban J connectivity index is 0.000000617. The van der Waals surface area contributed by atoms with Gasteiger partial charge in [0.05, 0.1) is 0 Å². The molecule has 2 rings (SSSR count). The Morgan fingerprint density at radius 3 is 2.67 bits per heavy atom. The average Bonchev–Trinajstić information content (AvgIpc) is 2.31. The number of hydrogen-bond donors (Lipinski definition) is 0. The number of hydrogen-bond acceptors (Lipinski definition) is 1. The van der Waals surface area contributed by atoms with E-state index in [0.29, 0.717) is 0 Å². The first-order chi connectivity index (χ1) is 6.90. The summed E-state index contributed by atoms with van der Waals surface area (Å²) in [5, 5.41) is 2.41. The third kappa shape index (κ3) is 4.33. The molecule has 0 spiro atoms. The molecule has 0 saturated heterocycles. The molecule has 0 aliphatic heterocycles. The number of benzene rings is 1. The minimum Gasteiger partial charge on any atom is -0.264 e. The second-order valence-corrected chi connectivity index (χ2v) is 2.80. The first-order valence-electron chi connectivity index (χ1n) is 5.15. The molecule has 74 valence electrons. The Bertz CT molecular complexity index is 398. The quantitative estimate of drug-likeness (QED) is 0.512. The summed E-state index contributed by atoms with van der Waals surface area (Å²) in [7, 11) is 0.